The zero-order chi connectivity index (χ0) is 13.1. The molecular weight excluding hydrogens is 242 g/mol. The van der Waals surface area contributed by atoms with E-state index in [9.17, 15) is 4.79 Å². The quantitative estimate of drug-likeness (QED) is 0.656. The molecule has 2 aromatic heterocycles. The first-order chi connectivity index (χ1) is 9.33. The van der Waals surface area contributed by atoms with Crippen LogP contribution in [0, 0.1) is 0 Å². The number of aromatic amines is 2. The predicted octanol–water partition coefficient (Wildman–Crippen LogP) is 1.26. The van der Waals surface area contributed by atoms with E-state index in [1.807, 2.05) is 24.3 Å². The van der Waals surface area contributed by atoms with Crippen LogP contribution in [0.1, 0.15) is 16.3 Å². The number of hydrogen-bond acceptors (Lipinski definition) is 3. The summed E-state index contributed by atoms with van der Waals surface area (Å²) >= 11 is 0. The summed E-state index contributed by atoms with van der Waals surface area (Å²) < 4.78 is 0. The summed E-state index contributed by atoms with van der Waals surface area (Å²) in [4.78, 5) is 19.3. The van der Waals surface area contributed by atoms with E-state index in [0.29, 0.717) is 18.7 Å². The van der Waals surface area contributed by atoms with Crippen LogP contribution in [0.25, 0.3) is 11.0 Å². The highest BCUT2D eigenvalue weighted by atomic mass is 16.1. The second kappa shape index (κ2) is 4.93. The van der Waals surface area contributed by atoms with Crippen molar-refractivity contribution in [1.82, 2.24) is 25.5 Å². The van der Waals surface area contributed by atoms with E-state index in [4.69, 9.17) is 0 Å². The van der Waals surface area contributed by atoms with Crippen LogP contribution in [0.4, 0.5) is 0 Å². The molecule has 3 N–H and O–H groups in total. The average Bonchev–Trinajstić information content (AvgIpc) is 3.07. The van der Waals surface area contributed by atoms with Gasteiger partial charge >= 0.3 is 0 Å². The number of aromatic nitrogens is 4. The highest BCUT2D eigenvalue weighted by Crippen LogP contribution is 2.10. The van der Waals surface area contributed by atoms with E-state index in [1.165, 1.54) is 0 Å². The normalized spacial score (nSPS) is 10.7. The number of fused-ring (bicyclic) bond motifs is 1. The molecule has 0 saturated heterocycles. The molecule has 0 bridgehead atoms. The summed E-state index contributed by atoms with van der Waals surface area (Å²) in [5.74, 6) is 0.708. The van der Waals surface area contributed by atoms with Crippen molar-refractivity contribution in [3.8, 4) is 0 Å². The maximum Gasteiger partial charge on any atom is 0.269 e. The molecule has 1 aromatic carbocycles. The van der Waals surface area contributed by atoms with Crippen LogP contribution in [0.2, 0.25) is 0 Å². The van der Waals surface area contributed by atoms with Crippen LogP contribution in [-0.4, -0.2) is 32.6 Å². The van der Waals surface area contributed by atoms with Crippen LogP contribution >= 0.6 is 0 Å². The van der Waals surface area contributed by atoms with Crippen LogP contribution < -0.4 is 5.32 Å². The van der Waals surface area contributed by atoms with Gasteiger partial charge in [-0.2, -0.15) is 5.10 Å². The lowest BCUT2D eigenvalue weighted by atomic mass is 10.3. The topological polar surface area (TPSA) is 86.5 Å². The first-order valence-electron chi connectivity index (χ1n) is 6.04. The molecule has 6 heteroatoms. The third-order valence-electron chi connectivity index (χ3n) is 2.83. The Bertz CT molecular complexity index is 653. The number of benzene rings is 1. The third-order valence-corrected chi connectivity index (χ3v) is 2.83. The molecule has 19 heavy (non-hydrogen) atoms. The number of para-hydroxylation sites is 2. The highest BCUT2D eigenvalue weighted by molar-refractivity contribution is 5.92. The number of H-pyrrole nitrogens is 2. The van der Waals surface area contributed by atoms with Crippen molar-refractivity contribution in [2.45, 2.75) is 6.42 Å². The summed E-state index contributed by atoms with van der Waals surface area (Å²) in [6, 6.07) is 9.49. The Morgan fingerprint density at radius 3 is 2.95 bits per heavy atom. The van der Waals surface area contributed by atoms with Gasteiger partial charge in [-0.1, -0.05) is 12.1 Å². The zero-order valence-electron chi connectivity index (χ0n) is 10.2. The number of imidazole rings is 1. The van der Waals surface area contributed by atoms with Crippen molar-refractivity contribution >= 4 is 16.9 Å². The molecular formula is C13H13N5O. The van der Waals surface area contributed by atoms with E-state index in [1.54, 1.807) is 12.3 Å². The molecule has 0 aliphatic rings. The zero-order valence-corrected chi connectivity index (χ0v) is 10.2. The minimum absolute atomic E-state index is 0.159. The van der Waals surface area contributed by atoms with E-state index in [2.05, 4.69) is 25.5 Å². The van der Waals surface area contributed by atoms with Crippen LogP contribution in [0.5, 0.6) is 0 Å². The summed E-state index contributed by atoms with van der Waals surface area (Å²) in [6.07, 6.45) is 2.21. The number of carbonyl (C=O) groups is 1. The summed E-state index contributed by atoms with van der Waals surface area (Å²) in [5.41, 5.74) is 2.42. The summed E-state index contributed by atoms with van der Waals surface area (Å²) in [5, 5.41) is 9.16. The summed E-state index contributed by atoms with van der Waals surface area (Å²) in [7, 11) is 0. The van der Waals surface area contributed by atoms with Gasteiger partial charge in [-0.15, -0.1) is 0 Å². The number of nitrogens with zero attached hydrogens (tertiary/aromatic N) is 2. The van der Waals surface area contributed by atoms with E-state index in [-0.39, 0.29) is 5.91 Å². The van der Waals surface area contributed by atoms with E-state index >= 15 is 0 Å². The Kier molecular flexibility index (Phi) is 2.97. The Hall–Kier alpha value is -2.63. The first-order valence-corrected chi connectivity index (χ1v) is 6.04. The van der Waals surface area contributed by atoms with Gasteiger partial charge in [0.1, 0.15) is 11.5 Å². The van der Waals surface area contributed by atoms with Crippen molar-refractivity contribution in [2.24, 2.45) is 0 Å². The monoisotopic (exact) mass is 255 g/mol. The molecule has 0 fully saturated rings. The molecule has 0 spiro atoms. The molecule has 3 rings (SSSR count). The molecule has 0 aliphatic carbocycles. The van der Waals surface area contributed by atoms with Gasteiger partial charge in [0.2, 0.25) is 0 Å². The molecule has 2 heterocycles. The van der Waals surface area contributed by atoms with Gasteiger partial charge in [-0.3, -0.25) is 9.89 Å². The lowest BCUT2D eigenvalue weighted by Gasteiger charge is -2.01. The number of carbonyl (C=O) groups excluding carboxylic acids is 1. The van der Waals surface area contributed by atoms with Gasteiger partial charge in [0.05, 0.1) is 11.0 Å². The van der Waals surface area contributed by atoms with Crippen LogP contribution in [-0.2, 0) is 6.42 Å². The SMILES string of the molecule is O=C(NCCc1nc2ccccc2[nH]1)c1ccn[nH]1. The molecule has 1 amide bonds. The average molecular weight is 255 g/mol. The van der Waals surface area contributed by atoms with Crippen molar-refractivity contribution in [2.75, 3.05) is 6.54 Å². The van der Waals surface area contributed by atoms with Gasteiger partial charge in [0, 0.05) is 19.2 Å². The van der Waals surface area contributed by atoms with Crippen molar-refractivity contribution in [3.05, 3.63) is 48.0 Å². The minimum Gasteiger partial charge on any atom is -0.350 e. The van der Waals surface area contributed by atoms with Crippen molar-refractivity contribution in [3.63, 3.8) is 0 Å². The third kappa shape index (κ3) is 2.47. The second-order valence-electron chi connectivity index (χ2n) is 4.18. The largest absolute Gasteiger partial charge is 0.350 e. The van der Waals surface area contributed by atoms with Crippen molar-refractivity contribution < 1.29 is 4.79 Å². The fourth-order valence-electron chi connectivity index (χ4n) is 1.90. The van der Waals surface area contributed by atoms with Crippen molar-refractivity contribution in [1.29, 1.82) is 0 Å². The molecule has 0 aliphatic heterocycles. The number of amides is 1. The minimum atomic E-state index is -0.159. The fourth-order valence-corrected chi connectivity index (χ4v) is 1.90. The molecule has 0 radical (unpaired) electrons. The fraction of sp³-hybridized carbons (Fsp3) is 0.154. The number of nitrogens with one attached hydrogen (secondary N) is 3. The lowest BCUT2D eigenvalue weighted by Crippen LogP contribution is -2.26. The summed E-state index contributed by atoms with van der Waals surface area (Å²) in [6.45, 7) is 0.525. The van der Waals surface area contributed by atoms with Crippen LogP contribution in [0.15, 0.2) is 36.5 Å². The maximum absolute atomic E-state index is 11.7. The Morgan fingerprint density at radius 2 is 2.16 bits per heavy atom. The van der Waals surface area contributed by atoms with Gasteiger partial charge in [-0.05, 0) is 18.2 Å². The molecule has 0 atom stereocenters. The van der Waals surface area contributed by atoms with E-state index in [0.717, 1.165) is 16.9 Å². The lowest BCUT2D eigenvalue weighted by molar-refractivity contribution is 0.0949. The Balaban J connectivity index is 1.59. The van der Waals surface area contributed by atoms with Gasteiger partial charge in [-0.25, -0.2) is 4.98 Å². The maximum atomic E-state index is 11.7. The van der Waals surface area contributed by atoms with Gasteiger partial charge < -0.3 is 10.3 Å². The van der Waals surface area contributed by atoms with Crippen LogP contribution in [0.3, 0.4) is 0 Å². The molecule has 3 aromatic rings. The molecule has 0 saturated carbocycles. The van der Waals surface area contributed by atoms with Gasteiger partial charge in [0.25, 0.3) is 5.91 Å². The van der Waals surface area contributed by atoms with E-state index < -0.39 is 0 Å². The molecule has 6 nitrogen and oxygen atoms in total. The Morgan fingerprint density at radius 1 is 1.26 bits per heavy atom. The number of hydrogen-bond donors (Lipinski definition) is 3. The highest BCUT2D eigenvalue weighted by Gasteiger charge is 2.06. The second-order valence-corrected chi connectivity index (χ2v) is 4.18. The number of rotatable bonds is 4. The Labute approximate surface area is 109 Å². The standard InChI is InChI=1S/C13H13N5O/c19-13(11-5-8-15-18-11)14-7-6-12-16-9-3-1-2-4-10(9)17-12/h1-5,8H,6-7H2,(H,14,19)(H,15,18)(H,16,17). The smallest absolute Gasteiger partial charge is 0.269 e. The molecule has 96 valence electrons. The first kappa shape index (κ1) is 11.5. The predicted molar refractivity (Wildman–Crippen MR) is 70.7 cm³/mol. The molecule has 0 unspecified atom stereocenters. The van der Waals surface area contributed by atoms with Gasteiger partial charge in [0.15, 0.2) is 0 Å².